The van der Waals surface area contributed by atoms with Crippen LogP contribution in [0.4, 0.5) is 5.69 Å². The molecule has 2 aromatic carbocycles. The molecule has 176 valence electrons. The van der Waals surface area contributed by atoms with Crippen molar-refractivity contribution in [3.8, 4) is 17.4 Å². The summed E-state index contributed by atoms with van der Waals surface area (Å²) in [6.07, 6.45) is 1.63. The largest absolute Gasteiger partial charge is 0.504 e. The molecule has 1 fully saturated rings. The van der Waals surface area contributed by atoms with Crippen molar-refractivity contribution in [2.45, 2.75) is 25.8 Å². The van der Waals surface area contributed by atoms with Crippen LogP contribution in [0.15, 0.2) is 57.7 Å². The highest BCUT2D eigenvalue weighted by Gasteiger charge is 2.19. The molecule has 1 aliphatic rings. The van der Waals surface area contributed by atoms with E-state index in [1.807, 2.05) is 12.1 Å². The molecule has 8 nitrogen and oxygen atoms in total. The Labute approximate surface area is 193 Å². The fraction of sp³-hybridized carbons (Fsp3) is 0.400. The molecule has 2 heterocycles. The molecule has 0 aliphatic carbocycles. The maximum Gasteiger partial charge on any atom is 0.422 e. The first kappa shape index (κ1) is 22.8. The van der Waals surface area contributed by atoms with Crippen molar-refractivity contribution in [3.63, 3.8) is 0 Å². The summed E-state index contributed by atoms with van der Waals surface area (Å²) in [6, 6.07) is 15.6. The number of para-hydroxylation sites is 1. The molecule has 0 radical (unpaired) electrons. The number of phenols is 1. The Morgan fingerprint density at radius 3 is 2.42 bits per heavy atom. The SMILES string of the molecule is COc1ccc(CCc2oc(=O)n(CCCN3CCN(c4ccccc4)CC3)c2O)cc1O. The molecule has 1 saturated heterocycles. The maximum absolute atomic E-state index is 12.3. The number of methoxy groups -OCH3 is 1. The number of oxazole rings is 1. The maximum atomic E-state index is 12.3. The van der Waals surface area contributed by atoms with Gasteiger partial charge in [0.1, 0.15) is 0 Å². The van der Waals surface area contributed by atoms with Crippen molar-refractivity contribution in [2.24, 2.45) is 0 Å². The van der Waals surface area contributed by atoms with Crippen molar-refractivity contribution in [1.82, 2.24) is 9.47 Å². The Kier molecular flexibility index (Phi) is 7.24. The van der Waals surface area contributed by atoms with Crippen molar-refractivity contribution in [2.75, 3.05) is 44.7 Å². The molecular formula is C25H31N3O5. The molecule has 1 aliphatic heterocycles. The monoisotopic (exact) mass is 453 g/mol. The number of aromatic hydroxyl groups is 2. The van der Waals surface area contributed by atoms with Gasteiger partial charge in [-0.05, 0) is 49.2 Å². The molecular weight excluding hydrogens is 422 g/mol. The topological polar surface area (TPSA) is 91.3 Å². The summed E-state index contributed by atoms with van der Waals surface area (Å²) in [5, 5.41) is 20.4. The second-order valence-corrected chi connectivity index (χ2v) is 8.29. The van der Waals surface area contributed by atoms with Crippen LogP contribution in [-0.4, -0.2) is 59.5 Å². The minimum absolute atomic E-state index is 0.0582. The number of nitrogens with zero attached hydrogens (tertiary/aromatic N) is 3. The first-order valence-electron chi connectivity index (χ1n) is 11.3. The van der Waals surface area contributed by atoms with Gasteiger partial charge >= 0.3 is 5.76 Å². The molecule has 8 heteroatoms. The number of anilines is 1. The fourth-order valence-electron chi connectivity index (χ4n) is 4.27. The van der Waals surface area contributed by atoms with Gasteiger partial charge in [-0.1, -0.05) is 24.3 Å². The molecule has 0 atom stereocenters. The van der Waals surface area contributed by atoms with Gasteiger partial charge < -0.3 is 24.3 Å². The first-order valence-corrected chi connectivity index (χ1v) is 11.3. The van der Waals surface area contributed by atoms with Gasteiger partial charge in [0.2, 0.25) is 5.88 Å². The average Bonchev–Trinajstić information content (AvgIpc) is 3.11. The molecule has 3 aromatic rings. The van der Waals surface area contributed by atoms with Crippen LogP contribution in [0.3, 0.4) is 0 Å². The number of benzene rings is 2. The predicted octanol–water partition coefficient (Wildman–Crippen LogP) is 2.86. The van der Waals surface area contributed by atoms with Crippen LogP contribution in [0, 0.1) is 0 Å². The standard InChI is InChI=1S/C25H31N3O5/c1-32-22-10-8-19(18-21(22)29)9-11-23-24(30)28(25(31)33-23)13-5-12-26-14-16-27(17-15-26)20-6-3-2-4-7-20/h2-4,6-8,10,18,29-30H,5,9,11-17H2,1H3. The van der Waals surface area contributed by atoms with Crippen molar-refractivity contribution in [1.29, 1.82) is 0 Å². The molecule has 0 unspecified atom stereocenters. The van der Waals surface area contributed by atoms with Gasteiger partial charge in [-0.3, -0.25) is 4.90 Å². The zero-order valence-electron chi connectivity index (χ0n) is 18.9. The van der Waals surface area contributed by atoms with E-state index in [9.17, 15) is 15.0 Å². The third-order valence-corrected chi connectivity index (χ3v) is 6.17. The van der Waals surface area contributed by atoms with Gasteiger partial charge in [0.15, 0.2) is 17.3 Å². The second kappa shape index (κ2) is 10.5. The van der Waals surface area contributed by atoms with Gasteiger partial charge in [-0.15, -0.1) is 0 Å². The normalized spacial score (nSPS) is 14.5. The minimum Gasteiger partial charge on any atom is -0.504 e. The quantitative estimate of drug-likeness (QED) is 0.515. The number of ether oxygens (including phenoxy) is 1. The van der Waals surface area contributed by atoms with E-state index in [1.54, 1.807) is 12.1 Å². The zero-order valence-corrected chi connectivity index (χ0v) is 18.9. The summed E-state index contributed by atoms with van der Waals surface area (Å²) in [4.78, 5) is 17.0. The molecule has 0 spiro atoms. The highest BCUT2D eigenvalue weighted by Crippen LogP contribution is 2.27. The molecule has 2 N–H and O–H groups in total. The smallest absolute Gasteiger partial charge is 0.422 e. The lowest BCUT2D eigenvalue weighted by Crippen LogP contribution is -2.46. The lowest BCUT2D eigenvalue weighted by molar-refractivity contribution is 0.247. The molecule has 0 amide bonds. The van der Waals surface area contributed by atoms with E-state index in [2.05, 4.69) is 34.1 Å². The van der Waals surface area contributed by atoms with Crippen LogP contribution < -0.4 is 15.4 Å². The molecule has 1 aromatic heterocycles. The Morgan fingerprint density at radius 2 is 1.73 bits per heavy atom. The molecule has 0 bridgehead atoms. The number of hydrogen-bond donors (Lipinski definition) is 2. The fourth-order valence-corrected chi connectivity index (χ4v) is 4.27. The third kappa shape index (κ3) is 5.51. The van der Waals surface area contributed by atoms with E-state index in [0.717, 1.165) is 44.7 Å². The summed E-state index contributed by atoms with van der Waals surface area (Å²) in [5.41, 5.74) is 2.11. The average molecular weight is 454 g/mol. The summed E-state index contributed by atoms with van der Waals surface area (Å²) in [5.74, 6) is 0.0935. The van der Waals surface area contributed by atoms with Gasteiger partial charge in [-0.2, -0.15) is 0 Å². The van der Waals surface area contributed by atoms with E-state index in [1.165, 1.54) is 17.4 Å². The number of phenolic OH excluding ortho intramolecular Hbond substituents is 1. The lowest BCUT2D eigenvalue weighted by Gasteiger charge is -2.36. The van der Waals surface area contributed by atoms with E-state index >= 15 is 0 Å². The lowest BCUT2D eigenvalue weighted by atomic mass is 10.1. The van der Waals surface area contributed by atoms with E-state index in [0.29, 0.717) is 25.1 Å². The number of rotatable bonds is 9. The number of aromatic nitrogens is 1. The van der Waals surface area contributed by atoms with E-state index < -0.39 is 5.76 Å². The Hall–Kier alpha value is -3.39. The zero-order chi connectivity index (χ0) is 23.2. The predicted molar refractivity (Wildman–Crippen MR) is 126 cm³/mol. The van der Waals surface area contributed by atoms with E-state index in [-0.39, 0.29) is 17.4 Å². The van der Waals surface area contributed by atoms with E-state index in [4.69, 9.17) is 9.15 Å². The summed E-state index contributed by atoms with van der Waals surface area (Å²) in [7, 11) is 1.49. The third-order valence-electron chi connectivity index (χ3n) is 6.17. The summed E-state index contributed by atoms with van der Waals surface area (Å²) < 4.78 is 11.7. The van der Waals surface area contributed by atoms with Crippen molar-refractivity contribution >= 4 is 5.69 Å². The van der Waals surface area contributed by atoms with Crippen LogP contribution in [0.25, 0.3) is 0 Å². The first-order chi connectivity index (χ1) is 16.0. The summed E-state index contributed by atoms with van der Waals surface area (Å²) in [6.45, 7) is 5.18. The van der Waals surface area contributed by atoms with Gasteiger partial charge in [0, 0.05) is 44.8 Å². The molecule has 33 heavy (non-hydrogen) atoms. The van der Waals surface area contributed by atoms with Crippen LogP contribution >= 0.6 is 0 Å². The van der Waals surface area contributed by atoms with Crippen LogP contribution in [0.1, 0.15) is 17.7 Å². The summed E-state index contributed by atoms with van der Waals surface area (Å²) >= 11 is 0. The second-order valence-electron chi connectivity index (χ2n) is 8.29. The van der Waals surface area contributed by atoms with Gasteiger partial charge in [0.05, 0.1) is 7.11 Å². The van der Waals surface area contributed by atoms with Crippen LogP contribution in [0.5, 0.6) is 17.4 Å². The van der Waals surface area contributed by atoms with Crippen LogP contribution in [0.2, 0.25) is 0 Å². The van der Waals surface area contributed by atoms with Gasteiger partial charge in [-0.25, -0.2) is 9.36 Å². The Morgan fingerprint density at radius 1 is 0.970 bits per heavy atom. The Balaban J connectivity index is 1.26. The minimum atomic E-state index is -0.533. The van der Waals surface area contributed by atoms with Crippen molar-refractivity contribution < 1.29 is 19.4 Å². The Bertz CT molecular complexity index is 1100. The highest BCUT2D eigenvalue weighted by molar-refractivity contribution is 5.46. The number of aryl methyl sites for hydroxylation is 2. The highest BCUT2D eigenvalue weighted by atomic mass is 16.5. The number of hydrogen-bond acceptors (Lipinski definition) is 7. The van der Waals surface area contributed by atoms with Gasteiger partial charge in [0.25, 0.3) is 0 Å². The molecule has 0 saturated carbocycles. The van der Waals surface area contributed by atoms with Crippen LogP contribution in [-0.2, 0) is 19.4 Å². The number of piperazine rings is 1. The van der Waals surface area contributed by atoms with Crippen molar-refractivity contribution in [3.05, 3.63) is 70.4 Å². The molecule has 4 rings (SSSR count).